The smallest absolute Gasteiger partial charge is 0.489 e. The van der Waals surface area contributed by atoms with Gasteiger partial charge in [0, 0.05) is 5.56 Å². The minimum Gasteiger partial charge on any atom is -0.489 e. The number of ether oxygens (including phenoxy) is 3. The normalized spacial score (nSPS) is 16.5. The summed E-state index contributed by atoms with van der Waals surface area (Å²) in [5, 5.41) is 0. The number of carbonyl (C=O) groups is 1. The van der Waals surface area contributed by atoms with E-state index in [0.29, 0.717) is 11.3 Å². The van der Waals surface area contributed by atoms with Crippen LogP contribution >= 0.6 is 0 Å². The lowest BCUT2D eigenvalue weighted by atomic mass is 9.89. The number of rotatable bonds is 7. The molecule has 1 aliphatic rings. The van der Waals surface area contributed by atoms with Crippen molar-refractivity contribution in [2.45, 2.75) is 38.3 Å². The summed E-state index contributed by atoms with van der Waals surface area (Å²) in [6, 6.07) is 11.5. The zero-order valence-electron chi connectivity index (χ0n) is 14.5. The van der Waals surface area contributed by atoms with Crippen LogP contribution in [0.15, 0.2) is 42.5 Å². The van der Waals surface area contributed by atoms with Crippen LogP contribution in [0.1, 0.15) is 23.1 Å². The van der Waals surface area contributed by atoms with Crippen molar-refractivity contribution in [1.82, 2.24) is 0 Å². The number of benzene rings is 2. The summed E-state index contributed by atoms with van der Waals surface area (Å²) in [7, 11) is 0. The van der Waals surface area contributed by atoms with Gasteiger partial charge < -0.3 is 19.0 Å². The lowest BCUT2D eigenvalue weighted by molar-refractivity contribution is -0.275. The standard InChI is InChI=1S/C20H19F3O4/c21-20(22,23)27-19-4-2-1-3-16(19)13-26-18-8-6-14-11-17(25-10-9-24)7-5-15(14)12-18/h1-4,6,8-9,12,17H,5,7,10-11,13H2. The fraction of sp³-hybridized carbons (Fsp3) is 0.350. The summed E-state index contributed by atoms with van der Waals surface area (Å²) >= 11 is 0. The first kappa shape index (κ1) is 19.2. The van der Waals surface area contributed by atoms with Crippen molar-refractivity contribution in [3.05, 3.63) is 59.2 Å². The highest BCUT2D eigenvalue weighted by Gasteiger charge is 2.32. The number of aryl methyl sites for hydroxylation is 1. The second-order valence-corrected chi connectivity index (χ2v) is 6.24. The van der Waals surface area contributed by atoms with Crippen molar-refractivity contribution in [2.24, 2.45) is 0 Å². The van der Waals surface area contributed by atoms with Gasteiger partial charge in [0.05, 0.1) is 6.10 Å². The van der Waals surface area contributed by atoms with Gasteiger partial charge in [-0.25, -0.2) is 0 Å². The molecule has 27 heavy (non-hydrogen) atoms. The molecule has 1 unspecified atom stereocenters. The summed E-state index contributed by atoms with van der Waals surface area (Å²) in [4.78, 5) is 10.4. The molecule has 0 aliphatic heterocycles. The van der Waals surface area contributed by atoms with Crippen LogP contribution in [-0.2, 0) is 29.0 Å². The van der Waals surface area contributed by atoms with Crippen LogP contribution < -0.4 is 9.47 Å². The van der Waals surface area contributed by atoms with Crippen LogP contribution in [0.2, 0.25) is 0 Å². The van der Waals surface area contributed by atoms with Crippen molar-refractivity contribution < 1.29 is 32.2 Å². The minimum atomic E-state index is -4.75. The number of para-hydroxylation sites is 1. The molecule has 4 nitrogen and oxygen atoms in total. The predicted molar refractivity (Wildman–Crippen MR) is 91.7 cm³/mol. The number of hydrogen-bond acceptors (Lipinski definition) is 4. The summed E-state index contributed by atoms with van der Waals surface area (Å²) in [6.45, 7) is 0.0662. The van der Waals surface area contributed by atoms with Gasteiger partial charge in [0.1, 0.15) is 31.0 Å². The van der Waals surface area contributed by atoms with Crippen LogP contribution in [0.4, 0.5) is 13.2 Å². The Morgan fingerprint density at radius 1 is 1.11 bits per heavy atom. The first-order valence-electron chi connectivity index (χ1n) is 8.58. The molecule has 0 amide bonds. The number of halogens is 3. The molecule has 3 rings (SSSR count). The first-order chi connectivity index (χ1) is 12.9. The van der Waals surface area contributed by atoms with Gasteiger partial charge in [0.25, 0.3) is 0 Å². The van der Waals surface area contributed by atoms with Crippen LogP contribution in [0.25, 0.3) is 0 Å². The highest BCUT2D eigenvalue weighted by atomic mass is 19.4. The highest BCUT2D eigenvalue weighted by Crippen LogP contribution is 2.29. The molecule has 1 aliphatic carbocycles. The highest BCUT2D eigenvalue weighted by molar-refractivity contribution is 5.50. The molecule has 2 aromatic carbocycles. The summed E-state index contributed by atoms with van der Waals surface area (Å²) in [5.74, 6) is 0.320. The molecule has 0 spiro atoms. The Hall–Kier alpha value is -2.54. The van der Waals surface area contributed by atoms with E-state index < -0.39 is 6.36 Å². The maximum Gasteiger partial charge on any atom is 0.573 e. The Labute approximate surface area is 154 Å². The van der Waals surface area contributed by atoms with Gasteiger partial charge in [-0.1, -0.05) is 24.3 Å². The predicted octanol–water partition coefficient (Wildman–Crippen LogP) is 4.24. The van der Waals surface area contributed by atoms with Gasteiger partial charge in [0.15, 0.2) is 0 Å². The molecule has 1 atom stereocenters. The molecule has 0 N–H and O–H groups in total. The van der Waals surface area contributed by atoms with Crippen LogP contribution in [0, 0.1) is 0 Å². The van der Waals surface area contributed by atoms with Crippen LogP contribution in [-0.4, -0.2) is 25.4 Å². The average Bonchev–Trinajstić information content (AvgIpc) is 2.64. The van der Waals surface area contributed by atoms with E-state index in [2.05, 4.69) is 4.74 Å². The van der Waals surface area contributed by atoms with Crippen molar-refractivity contribution in [3.8, 4) is 11.5 Å². The van der Waals surface area contributed by atoms with Crippen molar-refractivity contribution in [1.29, 1.82) is 0 Å². The van der Waals surface area contributed by atoms with E-state index in [1.54, 1.807) is 12.1 Å². The molecule has 7 heteroatoms. The number of fused-ring (bicyclic) bond motifs is 1. The molecule has 0 bridgehead atoms. The molecule has 144 valence electrons. The van der Waals surface area contributed by atoms with E-state index >= 15 is 0 Å². The van der Waals surface area contributed by atoms with Crippen molar-refractivity contribution in [2.75, 3.05) is 6.61 Å². The van der Waals surface area contributed by atoms with E-state index in [4.69, 9.17) is 9.47 Å². The molecule has 0 saturated heterocycles. The third-order valence-electron chi connectivity index (χ3n) is 4.35. The Bertz CT molecular complexity index is 789. The van der Waals surface area contributed by atoms with Crippen LogP contribution in [0.3, 0.4) is 0 Å². The maximum atomic E-state index is 12.5. The van der Waals surface area contributed by atoms with E-state index in [0.717, 1.165) is 36.7 Å². The molecule has 0 heterocycles. The summed E-state index contributed by atoms with van der Waals surface area (Å²) in [5.41, 5.74) is 2.57. The Morgan fingerprint density at radius 3 is 2.70 bits per heavy atom. The monoisotopic (exact) mass is 380 g/mol. The van der Waals surface area contributed by atoms with E-state index in [1.807, 2.05) is 12.1 Å². The number of aldehydes is 1. The number of alkyl halides is 3. The van der Waals surface area contributed by atoms with Gasteiger partial charge in [-0.15, -0.1) is 13.2 Å². The van der Waals surface area contributed by atoms with Crippen LogP contribution in [0.5, 0.6) is 11.5 Å². The van der Waals surface area contributed by atoms with E-state index in [1.165, 1.54) is 18.2 Å². The molecule has 0 aromatic heterocycles. The fourth-order valence-corrected chi connectivity index (χ4v) is 3.11. The van der Waals surface area contributed by atoms with Gasteiger partial charge in [-0.05, 0) is 48.6 Å². The minimum absolute atomic E-state index is 0.0286. The quantitative estimate of drug-likeness (QED) is 0.674. The summed E-state index contributed by atoms with van der Waals surface area (Å²) < 4.78 is 52.7. The maximum absolute atomic E-state index is 12.5. The Morgan fingerprint density at radius 2 is 1.93 bits per heavy atom. The van der Waals surface area contributed by atoms with Gasteiger partial charge >= 0.3 is 6.36 Å². The Kier molecular flexibility index (Phi) is 6.01. The van der Waals surface area contributed by atoms with Gasteiger partial charge in [-0.2, -0.15) is 0 Å². The zero-order chi connectivity index (χ0) is 19.3. The van der Waals surface area contributed by atoms with E-state index in [-0.39, 0.29) is 25.1 Å². The van der Waals surface area contributed by atoms with E-state index in [9.17, 15) is 18.0 Å². The third kappa shape index (κ3) is 5.47. The zero-order valence-corrected chi connectivity index (χ0v) is 14.5. The SMILES string of the molecule is O=CCOC1CCc2cc(OCc3ccccc3OC(F)(F)F)ccc2C1. The average molecular weight is 380 g/mol. The second kappa shape index (κ2) is 8.43. The number of hydrogen-bond donors (Lipinski definition) is 0. The Balaban J connectivity index is 1.64. The fourth-order valence-electron chi connectivity index (χ4n) is 3.11. The molecule has 0 radical (unpaired) electrons. The lowest BCUT2D eigenvalue weighted by Crippen LogP contribution is -2.23. The van der Waals surface area contributed by atoms with Crippen molar-refractivity contribution >= 4 is 6.29 Å². The molecular formula is C20H19F3O4. The largest absolute Gasteiger partial charge is 0.573 e. The van der Waals surface area contributed by atoms with Crippen molar-refractivity contribution in [3.63, 3.8) is 0 Å². The number of carbonyl (C=O) groups excluding carboxylic acids is 1. The molecule has 0 saturated carbocycles. The molecule has 2 aromatic rings. The lowest BCUT2D eigenvalue weighted by Gasteiger charge is -2.24. The second-order valence-electron chi connectivity index (χ2n) is 6.24. The molecular weight excluding hydrogens is 361 g/mol. The first-order valence-corrected chi connectivity index (χ1v) is 8.58. The van der Waals surface area contributed by atoms with Gasteiger partial charge in [-0.3, -0.25) is 0 Å². The topological polar surface area (TPSA) is 44.8 Å². The van der Waals surface area contributed by atoms with Gasteiger partial charge in [0.2, 0.25) is 0 Å². The third-order valence-corrected chi connectivity index (χ3v) is 4.35. The summed E-state index contributed by atoms with van der Waals surface area (Å²) in [6.07, 6.45) is -1.64. The molecule has 0 fully saturated rings.